The Bertz CT molecular complexity index is 1100. The zero-order chi connectivity index (χ0) is 24.1. The molecule has 1 aliphatic carbocycles. The molecule has 4 rings (SSSR count). The summed E-state index contributed by atoms with van der Waals surface area (Å²) in [6, 6.07) is 8.79. The molecule has 1 unspecified atom stereocenters. The number of halogens is 2. The lowest BCUT2D eigenvalue weighted by Gasteiger charge is -2.34. The summed E-state index contributed by atoms with van der Waals surface area (Å²) in [5.74, 6) is 0.113. The molecule has 1 saturated heterocycles. The van der Waals surface area contributed by atoms with Crippen molar-refractivity contribution in [3.8, 4) is 0 Å². The number of benzene rings is 1. The van der Waals surface area contributed by atoms with Gasteiger partial charge in [-0.2, -0.15) is 0 Å². The third kappa shape index (κ3) is 6.18. The lowest BCUT2D eigenvalue weighted by atomic mass is 9.86. The number of ketones is 1. The van der Waals surface area contributed by atoms with Crippen molar-refractivity contribution in [1.29, 1.82) is 0 Å². The van der Waals surface area contributed by atoms with E-state index in [0.717, 1.165) is 24.5 Å². The van der Waals surface area contributed by atoms with Crippen LogP contribution in [0.4, 0.5) is 10.5 Å². The molecule has 0 radical (unpaired) electrons. The number of piperazine rings is 1. The van der Waals surface area contributed by atoms with Crippen molar-refractivity contribution in [2.45, 2.75) is 18.8 Å². The average molecular weight is 521 g/mol. The number of aliphatic imine (C=N–C) groups is 1. The number of anilines is 1. The first kappa shape index (κ1) is 24.7. The second-order valence-electron chi connectivity index (χ2n) is 8.33. The number of carbonyl (C=O) groups excluding carboxylic acids is 2. The van der Waals surface area contributed by atoms with Crippen LogP contribution in [0, 0.1) is 0 Å². The van der Waals surface area contributed by atoms with Crippen LogP contribution in [0.3, 0.4) is 0 Å². The summed E-state index contributed by atoms with van der Waals surface area (Å²) >= 11 is 13.5. The summed E-state index contributed by atoms with van der Waals surface area (Å²) in [7, 11) is 0. The zero-order valence-electron chi connectivity index (χ0n) is 18.5. The lowest BCUT2D eigenvalue weighted by molar-refractivity contribution is -0.116. The first-order chi connectivity index (χ1) is 16.4. The SMILES string of the molecule is O=C1CC(c2cccs2)CC(O)=C1C=NCCN1CCN(C(=O)Nc2ccc(Cl)c(Cl)c2)CC1. The molecule has 0 spiro atoms. The molecule has 1 aromatic carbocycles. The normalized spacial score (nSPS) is 19.8. The summed E-state index contributed by atoms with van der Waals surface area (Å²) < 4.78 is 0. The molecule has 34 heavy (non-hydrogen) atoms. The number of aliphatic hydroxyl groups is 1. The van der Waals surface area contributed by atoms with Crippen molar-refractivity contribution in [3.63, 3.8) is 0 Å². The first-order valence-corrected chi connectivity index (χ1v) is 12.8. The number of rotatable bonds is 6. The Hall–Kier alpha value is -2.39. The number of carbonyl (C=O) groups is 2. The van der Waals surface area contributed by atoms with Crippen LogP contribution in [0.1, 0.15) is 23.6 Å². The molecule has 1 atom stereocenters. The number of aliphatic hydroxyl groups excluding tert-OH is 1. The molecule has 0 saturated carbocycles. The van der Waals surface area contributed by atoms with Crippen LogP contribution in [0.5, 0.6) is 0 Å². The summed E-state index contributed by atoms with van der Waals surface area (Å²) in [5, 5.41) is 16.0. The van der Waals surface area contributed by atoms with Crippen molar-refractivity contribution in [3.05, 3.63) is 62.0 Å². The van der Waals surface area contributed by atoms with E-state index in [2.05, 4.69) is 15.2 Å². The summed E-state index contributed by atoms with van der Waals surface area (Å²) in [5.41, 5.74) is 0.935. The molecular weight excluding hydrogens is 495 g/mol. The second kappa shape index (κ2) is 11.4. The highest BCUT2D eigenvalue weighted by atomic mass is 35.5. The van der Waals surface area contributed by atoms with Gasteiger partial charge in [0.25, 0.3) is 0 Å². The number of urea groups is 1. The Labute approximate surface area is 212 Å². The van der Waals surface area contributed by atoms with Crippen LogP contribution in [0.15, 0.2) is 52.0 Å². The summed E-state index contributed by atoms with van der Waals surface area (Å²) in [4.78, 5) is 34.5. The molecule has 2 aliphatic rings. The van der Waals surface area contributed by atoms with E-state index in [1.165, 1.54) is 6.21 Å². The van der Waals surface area contributed by atoms with Gasteiger partial charge in [-0.05, 0) is 29.6 Å². The summed E-state index contributed by atoms with van der Waals surface area (Å²) in [6.45, 7) is 3.92. The van der Waals surface area contributed by atoms with Gasteiger partial charge in [0.15, 0.2) is 5.78 Å². The molecule has 1 aromatic heterocycles. The Morgan fingerprint density at radius 1 is 1.18 bits per heavy atom. The predicted octanol–water partition coefficient (Wildman–Crippen LogP) is 5.23. The Balaban J connectivity index is 1.20. The van der Waals surface area contributed by atoms with E-state index in [9.17, 15) is 14.7 Å². The van der Waals surface area contributed by atoms with Crippen LogP contribution in [0.2, 0.25) is 10.0 Å². The minimum atomic E-state index is -0.171. The Morgan fingerprint density at radius 3 is 2.65 bits per heavy atom. The van der Waals surface area contributed by atoms with Crippen molar-refractivity contribution in [2.75, 3.05) is 44.6 Å². The molecular formula is C24H26Cl2N4O3S. The topological polar surface area (TPSA) is 85.2 Å². The van der Waals surface area contributed by atoms with Gasteiger partial charge in [-0.3, -0.25) is 14.7 Å². The number of Topliss-reactive ketones (excluding diaryl/α,β-unsaturated/α-hetero) is 1. The molecule has 10 heteroatoms. The van der Waals surface area contributed by atoms with Crippen LogP contribution >= 0.6 is 34.5 Å². The van der Waals surface area contributed by atoms with Gasteiger partial charge >= 0.3 is 6.03 Å². The molecule has 1 aliphatic heterocycles. The molecule has 7 nitrogen and oxygen atoms in total. The quantitative estimate of drug-likeness (QED) is 0.510. The van der Waals surface area contributed by atoms with Gasteiger partial charge in [-0.1, -0.05) is 29.3 Å². The maximum atomic E-state index is 12.5. The molecule has 2 N–H and O–H groups in total. The van der Waals surface area contributed by atoms with Crippen molar-refractivity contribution in [2.24, 2.45) is 4.99 Å². The molecule has 2 heterocycles. The van der Waals surface area contributed by atoms with Gasteiger partial charge in [-0.15, -0.1) is 11.3 Å². The Morgan fingerprint density at radius 2 is 1.97 bits per heavy atom. The monoisotopic (exact) mass is 520 g/mol. The molecule has 0 bridgehead atoms. The largest absolute Gasteiger partial charge is 0.511 e. The minimum Gasteiger partial charge on any atom is -0.511 e. The fraction of sp³-hybridized carbons (Fsp3) is 0.375. The lowest BCUT2D eigenvalue weighted by Crippen LogP contribution is -2.50. The van der Waals surface area contributed by atoms with Gasteiger partial charge in [0.05, 0.1) is 22.2 Å². The third-order valence-corrected chi connectivity index (χ3v) is 7.80. The maximum absolute atomic E-state index is 12.5. The first-order valence-electron chi connectivity index (χ1n) is 11.1. The highest BCUT2D eigenvalue weighted by molar-refractivity contribution is 7.10. The van der Waals surface area contributed by atoms with Crippen LogP contribution in [-0.4, -0.2) is 72.2 Å². The van der Waals surface area contributed by atoms with E-state index in [0.29, 0.717) is 53.8 Å². The number of allylic oxidation sites excluding steroid dienone is 2. The minimum absolute atomic E-state index is 0.0508. The number of nitrogens with one attached hydrogen (secondary N) is 1. The molecule has 2 amide bonds. The van der Waals surface area contributed by atoms with Crippen molar-refractivity contribution >= 4 is 58.3 Å². The van der Waals surface area contributed by atoms with E-state index in [1.54, 1.807) is 34.4 Å². The smallest absolute Gasteiger partial charge is 0.321 e. The molecule has 1 fully saturated rings. The Kier molecular flexibility index (Phi) is 8.26. The highest BCUT2D eigenvalue weighted by Gasteiger charge is 2.28. The van der Waals surface area contributed by atoms with Gasteiger partial charge < -0.3 is 15.3 Å². The van der Waals surface area contributed by atoms with Gasteiger partial charge in [-0.25, -0.2) is 4.79 Å². The van der Waals surface area contributed by atoms with Gasteiger partial charge in [0.1, 0.15) is 5.76 Å². The second-order valence-corrected chi connectivity index (χ2v) is 10.1. The fourth-order valence-electron chi connectivity index (χ4n) is 4.09. The number of hydrogen-bond donors (Lipinski definition) is 2. The fourth-order valence-corrected chi connectivity index (χ4v) is 5.22. The molecule has 2 aromatic rings. The van der Waals surface area contributed by atoms with Crippen molar-refractivity contribution in [1.82, 2.24) is 9.80 Å². The predicted molar refractivity (Wildman–Crippen MR) is 138 cm³/mol. The number of hydrogen-bond acceptors (Lipinski definition) is 6. The van der Waals surface area contributed by atoms with E-state index in [1.807, 2.05) is 17.5 Å². The van der Waals surface area contributed by atoms with Crippen LogP contribution in [0.25, 0.3) is 0 Å². The van der Waals surface area contributed by atoms with Gasteiger partial charge in [0, 0.05) is 68.3 Å². The average Bonchev–Trinajstić information content (AvgIpc) is 3.36. The zero-order valence-corrected chi connectivity index (χ0v) is 20.9. The van der Waals surface area contributed by atoms with E-state index in [-0.39, 0.29) is 23.5 Å². The maximum Gasteiger partial charge on any atom is 0.321 e. The van der Waals surface area contributed by atoms with E-state index in [4.69, 9.17) is 23.2 Å². The van der Waals surface area contributed by atoms with Crippen LogP contribution < -0.4 is 5.32 Å². The van der Waals surface area contributed by atoms with E-state index >= 15 is 0 Å². The highest BCUT2D eigenvalue weighted by Crippen LogP contribution is 2.35. The van der Waals surface area contributed by atoms with Crippen molar-refractivity contribution < 1.29 is 14.7 Å². The number of nitrogens with zero attached hydrogens (tertiary/aromatic N) is 3. The third-order valence-electron chi connectivity index (χ3n) is 6.02. The van der Waals surface area contributed by atoms with E-state index < -0.39 is 0 Å². The standard InChI is InChI=1S/C24H26Cl2N4O3S/c25-19-4-3-17(14-20(19)26)28-24(33)30-9-7-29(8-10-30)6-5-27-15-18-21(31)12-16(13-22(18)32)23-2-1-11-34-23/h1-4,11,14-16,31H,5-10,12-13H2,(H,28,33). The molecule has 180 valence electrons. The van der Waals surface area contributed by atoms with Crippen LogP contribution in [-0.2, 0) is 4.79 Å². The van der Waals surface area contributed by atoms with Gasteiger partial charge in [0.2, 0.25) is 0 Å². The number of thiophene rings is 1. The summed E-state index contributed by atoms with van der Waals surface area (Å²) in [6.07, 6.45) is 2.39. The number of amides is 2.